The highest BCUT2D eigenvalue weighted by atomic mass is 32.2. The predicted octanol–water partition coefficient (Wildman–Crippen LogP) is 3.23. The van der Waals surface area contributed by atoms with Crippen molar-refractivity contribution < 1.29 is 13.2 Å². The monoisotopic (exact) mass is 515 g/mol. The number of nitrogens with zero attached hydrogens (tertiary/aromatic N) is 3. The molecule has 1 atom stereocenters. The van der Waals surface area contributed by atoms with E-state index < -0.39 is 15.9 Å². The van der Waals surface area contributed by atoms with Gasteiger partial charge in [-0.15, -0.1) is 0 Å². The van der Waals surface area contributed by atoms with Crippen LogP contribution in [0.5, 0.6) is 0 Å². The van der Waals surface area contributed by atoms with Gasteiger partial charge >= 0.3 is 0 Å². The third-order valence-corrected chi connectivity index (χ3v) is 9.46. The number of aromatic nitrogens is 2. The molecule has 4 heterocycles. The number of thiocarbonyl (C=S) groups is 1. The number of thioether (sulfide) groups is 1. The molecule has 168 valence electrons. The third-order valence-electron chi connectivity index (χ3n) is 5.36. The van der Waals surface area contributed by atoms with E-state index in [9.17, 15) is 18.0 Å². The van der Waals surface area contributed by atoms with E-state index in [1.54, 1.807) is 24.4 Å². The molecule has 0 radical (unpaired) electrons. The van der Waals surface area contributed by atoms with E-state index in [1.807, 2.05) is 30.3 Å². The van der Waals surface area contributed by atoms with E-state index in [1.165, 1.54) is 27.1 Å². The van der Waals surface area contributed by atoms with Gasteiger partial charge < -0.3 is 0 Å². The summed E-state index contributed by atoms with van der Waals surface area (Å²) >= 11 is 7.82. The minimum atomic E-state index is -3.18. The van der Waals surface area contributed by atoms with Gasteiger partial charge in [-0.25, -0.2) is 13.4 Å². The maximum absolute atomic E-state index is 13.4. The van der Waals surface area contributed by atoms with E-state index in [2.05, 4.69) is 4.98 Å². The van der Waals surface area contributed by atoms with Gasteiger partial charge in [-0.05, 0) is 36.8 Å². The van der Waals surface area contributed by atoms with Gasteiger partial charge in [0.15, 0.2) is 9.84 Å². The first-order valence-corrected chi connectivity index (χ1v) is 13.9. The minimum absolute atomic E-state index is 0.0432. The van der Waals surface area contributed by atoms with Crippen LogP contribution in [-0.2, 0) is 14.6 Å². The van der Waals surface area contributed by atoms with Crippen LogP contribution in [0.1, 0.15) is 12.0 Å². The summed E-state index contributed by atoms with van der Waals surface area (Å²) in [5.74, 6) is -0.427. The summed E-state index contributed by atoms with van der Waals surface area (Å²) < 4.78 is 25.6. The molecule has 5 rings (SSSR count). The highest BCUT2D eigenvalue weighted by molar-refractivity contribution is 8.26. The summed E-state index contributed by atoms with van der Waals surface area (Å²) in [6.45, 7) is 0. The molecule has 2 saturated heterocycles. The van der Waals surface area contributed by atoms with Crippen LogP contribution in [0.2, 0.25) is 0 Å². The molecule has 0 saturated carbocycles. The molecular weight excluding hydrogens is 499 g/mol. The lowest BCUT2D eigenvalue weighted by molar-refractivity contribution is -0.123. The Bertz CT molecular complexity index is 1480. The summed E-state index contributed by atoms with van der Waals surface area (Å²) in [5, 5.41) is 0.478. The Hall–Kier alpha value is -2.47. The van der Waals surface area contributed by atoms with Gasteiger partial charge in [-0.1, -0.05) is 60.0 Å². The quantitative estimate of drug-likeness (QED) is 0.297. The average Bonchev–Trinajstić information content (AvgIpc) is 3.28. The number of fused-ring (bicyclic) bond motifs is 1. The second-order valence-corrected chi connectivity index (χ2v) is 12.6. The zero-order valence-electron chi connectivity index (χ0n) is 17.1. The molecule has 2 aliphatic rings. The molecule has 2 fully saturated rings. The van der Waals surface area contributed by atoms with Gasteiger partial charge in [0.05, 0.1) is 28.0 Å². The largest absolute Gasteiger partial charge is 0.289 e. The van der Waals surface area contributed by atoms with Crippen LogP contribution in [0.15, 0.2) is 74.3 Å². The van der Waals surface area contributed by atoms with E-state index in [0.29, 0.717) is 21.4 Å². The van der Waals surface area contributed by atoms with Crippen LogP contribution in [0.25, 0.3) is 11.7 Å². The van der Waals surface area contributed by atoms with Crippen LogP contribution in [0, 0.1) is 0 Å². The van der Waals surface area contributed by atoms with Crippen molar-refractivity contribution in [2.24, 2.45) is 0 Å². The lowest BCUT2D eigenvalue weighted by Crippen LogP contribution is -2.39. The van der Waals surface area contributed by atoms with Crippen molar-refractivity contribution in [3.63, 3.8) is 0 Å². The Labute approximate surface area is 203 Å². The Morgan fingerprint density at radius 1 is 1.12 bits per heavy atom. The summed E-state index contributed by atoms with van der Waals surface area (Å²) in [5.41, 5.74) is 0.488. The van der Waals surface area contributed by atoms with E-state index in [4.69, 9.17) is 12.2 Å². The molecule has 11 heteroatoms. The van der Waals surface area contributed by atoms with Gasteiger partial charge in [0.25, 0.3) is 11.5 Å². The number of hydrogen-bond donors (Lipinski definition) is 0. The highest BCUT2D eigenvalue weighted by Gasteiger charge is 2.42. The van der Waals surface area contributed by atoms with Crippen molar-refractivity contribution in [3.8, 4) is 0 Å². The molecule has 2 aromatic heterocycles. The predicted molar refractivity (Wildman–Crippen MR) is 134 cm³/mol. The van der Waals surface area contributed by atoms with Crippen molar-refractivity contribution in [1.29, 1.82) is 0 Å². The number of pyridine rings is 1. The molecular formula is C22H17N3O4S4. The minimum Gasteiger partial charge on any atom is -0.289 e. The SMILES string of the molecule is O=C1C(=Cc2c(Sc3ccccc3)nc3ccccn3c2=O)SC(=S)N1C1CCS(=O)(=O)C1. The Morgan fingerprint density at radius 3 is 2.61 bits per heavy atom. The first kappa shape index (κ1) is 22.3. The van der Waals surface area contributed by atoms with Gasteiger partial charge in [-0.3, -0.25) is 18.9 Å². The highest BCUT2D eigenvalue weighted by Crippen LogP contribution is 2.37. The second-order valence-electron chi connectivity index (χ2n) is 7.59. The molecule has 1 amide bonds. The number of hydrogen-bond acceptors (Lipinski definition) is 8. The fourth-order valence-electron chi connectivity index (χ4n) is 3.79. The van der Waals surface area contributed by atoms with Gasteiger partial charge in [0, 0.05) is 11.1 Å². The second kappa shape index (κ2) is 8.71. The Kier molecular flexibility index (Phi) is 5.89. The number of amides is 1. The maximum Gasteiger partial charge on any atom is 0.266 e. The number of benzene rings is 1. The van der Waals surface area contributed by atoms with E-state index >= 15 is 0 Å². The average molecular weight is 516 g/mol. The Balaban J connectivity index is 1.58. The van der Waals surface area contributed by atoms with Crippen molar-refractivity contribution in [2.75, 3.05) is 11.5 Å². The Morgan fingerprint density at radius 2 is 1.88 bits per heavy atom. The van der Waals surface area contributed by atoms with Crippen molar-refractivity contribution in [1.82, 2.24) is 14.3 Å². The molecule has 0 spiro atoms. The topological polar surface area (TPSA) is 88.8 Å². The summed E-state index contributed by atoms with van der Waals surface area (Å²) in [6.07, 6.45) is 3.52. The van der Waals surface area contributed by atoms with Crippen molar-refractivity contribution >= 4 is 67.5 Å². The van der Waals surface area contributed by atoms with Gasteiger partial charge in [0.1, 0.15) is 15.0 Å². The number of carbonyl (C=O) groups is 1. The number of sulfone groups is 1. The van der Waals surface area contributed by atoms with Crippen LogP contribution >= 0.6 is 35.7 Å². The summed E-state index contributed by atoms with van der Waals surface area (Å²) in [6, 6.07) is 14.4. The maximum atomic E-state index is 13.4. The normalized spacial score (nSPS) is 21.4. The zero-order chi connectivity index (χ0) is 23.2. The first-order chi connectivity index (χ1) is 15.8. The molecule has 0 bridgehead atoms. The molecule has 33 heavy (non-hydrogen) atoms. The fraction of sp³-hybridized carbons (Fsp3) is 0.182. The van der Waals surface area contributed by atoms with E-state index in [0.717, 1.165) is 16.7 Å². The van der Waals surface area contributed by atoms with Crippen LogP contribution in [0.4, 0.5) is 0 Å². The van der Waals surface area contributed by atoms with Crippen molar-refractivity contribution in [3.05, 3.63) is 75.6 Å². The van der Waals surface area contributed by atoms with Gasteiger partial charge in [-0.2, -0.15) is 0 Å². The molecule has 3 aromatic rings. The standard InChI is InChI=1S/C22H17N3O4S4/c26-20-16(12-17-21(27)25(22(30)32-17)14-9-11-33(28,29)13-14)19(31-15-6-2-1-3-7-15)23-18-8-4-5-10-24(18)20/h1-8,10,12,14H,9,11,13H2. The third kappa shape index (κ3) is 4.37. The summed E-state index contributed by atoms with van der Waals surface area (Å²) in [4.78, 5) is 33.8. The smallest absolute Gasteiger partial charge is 0.266 e. The molecule has 0 aliphatic carbocycles. The van der Waals surface area contributed by atoms with Crippen molar-refractivity contribution in [2.45, 2.75) is 22.4 Å². The number of rotatable bonds is 4. The lowest BCUT2D eigenvalue weighted by Gasteiger charge is -2.20. The lowest BCUT2D eigenvalue weighted by atomic mass is 10.2. The molecule has 0 N–H and O–H groups in total. The number of carbonyl (C=O) groups excluding carboxylic acids is 1. The molecule has 1 aromatic carbocycles. The van der Waals surface area contributed by atoms with Crippen LogP contribution < -0.4 is 5.56 Å². The molecule has 2 aliphatic heterocycles. The van der Waals surface area contributed by atoms with Crippen LogP contribution in [0.3, 0.4) is 0 Å². The molecule has 1 unspecified atom stereocenters. The zero-order valence-corrected chi connectivity index (χ0v) is 20.3. The van der Waals surface area contributed by atoms with E-state index in [-0.39, 0.29) is 33.4 Å². The first-order valence-electron chi connectivity index (χ1n) is 10.0. The summed E-state index contributed by atoms with van der Waals surface area (Å²) in [7, 11) is -3.18. The van der Waals surface area contributed by atoms with Gasteiger partial charge in [0.2, 0.25) is 0 Å². The fourth-order valence-corrected chi connectivity index (χ4v) is 7.78. The molecule has 7 nitrogen and oxygen atoms in total. The van der Waals surface area contributed by atoms with Crippen LogP contribution in [-0.4, -0.2) is 50.5 Å².